The molecule has 0 radical (unpaired) electrons. The average molecular weight is 190 g/mol. The van der Waals surface area contributed by atoms with Gasteiger partial charge in [0.15, 0.2) is 0 Å². The van der Waals surface area contributed by atoms with Gasteiger partial charge in [0.2, 0.25) is 6.41 Å². The Morgan fingerprint density at radius 3 is 3.00 bits per heavy atom. The molecule has 0 spiro atoms. The molecule has 0 fully saturated rings. The van der Waals surface area contributed by atoms with Crippen molar-refractivity contribution in [1.82, 2.24) is 4.90 Å². The summed E-state index contributed by atoms with van der Waals surface area (Å²) >= 11 is 0. The predicted molar refractivity (Wildman–Crippen MR) is 56.2 cm³/mol. The fourth-order valence-corrected chi connectivity index (χ4v) is 1.82. The number of hydrogen-bond acceptors (Lipinski definition) is 2. The molecule has 3 nitrogen and oxygen atoms in total. The van der Waals surface area contributed by atoms with Crippen molar-refractivity contribution in [2.24, 2.45) is 0 Å². The molecule has 0 saturated carbocycles. The van der Waals surface area contributed by atoms with Crippen LogP contribution in [0.15, 0.2) is 18.2 Å². The van der Waals surface area contributed by atoms with Gasteiger partial charge in [-0.25, -0.2) is 0 Å². The van der Waals surface area contributed by atoms with Crippen LogP contribution in [0.4, 0.5) is 5.69 Å². The van der Waals surface area contributed by atoms with Crippen molar-refractivity contribution < 1.29 is 4.79 Å². The number of fused-ring (bicyclic) bond motifs is 1. The van der Waals surface area contributed by atoms with Gasteiger partial charge in [0.1, 0.15) is 0 Å². The largest absolute Gasteiger partial charge is 0.388 e. The molecule has 0 atom stereocenters. The second-order valence-corrected chi connectivity index (χ2v) is 3.56. The van der Waals surface area contributed by atoms with Crippen molar-refractivity contribution in [2.45, 2.75) is 13.0 Å². The van der Waals surface area contributed by atoms with E-state index < -0.39 is 0 Å². The van der Waals surface area contributed by atoms with E-state index in [9.17, 15) is 4.79 Å². The molecule has 0 unspecified atom stereocenters. The molecule has 1 aliphatic heterocycles. The maximum Gasteiger partial charge on any atom is 0.210 e. The number of amides is 1. The average Bonchev–Trinajstić information content (AvgIpc) is 2.27. The summed E-state index contributed by atoms with van der Waals surface area (Å²) in [4.78, 5) is 12.4. The van der Waals surface area contributed by atoms with Crippen molar-refractivity contribution in [2.75, 3.05) is 18.9 Å². The van der Waals surface area contributed by atoms with Gasteiger partial charge in [0.05, 0.1) is 0 Å². The molecule has 1 N–H and O–H groups in total. The Kier molecular flexibility index (Phi) is 2.39. The summed E-state index contributed by atoms with van der Waals surface area (Å²) in [5, 5.41) is 3.12. The number of benzene rings is 1. The monoisotopic (exact) mass is 190 g/mol. The highest BCUT2D eigenvalue weighted by Crippen LogP contribution is 2.21. The number of rotatable bonds is 2. The van der Waals surface area contributed by atoms with Crippen LogP contribution in [-0.4, -0.2) is 24.9 Å². The van der Waals surface area contributed by atoms with Gasteiger partial charge >= 0.3 is 0 Å². The van der Waals surface area contributed by atoms with Gasteiger partial charge in [-0.15, -0.1) is 0 Å². The Bertz CT molecular complexity index is 349. The smallest absolute Gasteiger partial charge is 0.210 e. The van der Waals surface area contributed by atoms with Crippen LogP contribution in [0.2, 0.25) is 0 Å². The maximum atomic E-state index is 10.6. The van der Waals surface area contributed by atoms with Crippen LogP contribution in [-0.2, 0) is 17.8 Å². The summed E-state index contributed by atoms with van der Waals surface area (Å²) < 4.78 is 0. The molecule has 1 aromatic rings. The first kappa shape index (κ1) is 9.06. The first-order valence-electron chi connectivity index (χ1n) is 4.82. The van der Waals surface area contributed by atoms with Crippen molar-refractivity contribution in [1.29, 1.82) is 0 Å². The van der Waals surface area contributed by atoms with E-state index in [0.29, 0.717) is 0 Å². The minimum Gasteiger partial charge on any atom is -0.388 e. The molecule has 0 bridgehead atoms. The lowest BCUT2D eigenvalue weighted by atomic mass is 9.99. The van der Waals surface area contributed by atoms with E-state index in [1.54, 1.807) is 4.90 Å². The molecule has 1 aromatic carbocycles. The van der Waals surface area contributed by atoms with Gasteiger partial charge < -0.3 is 10.2 Å². The second-order valence-electron chi connectivity index (χ2n) is 3.56. The van der Waals surface area contributed by atoms with Gasteiger partial charge in [-0.1, -0.05) is 6.07 Å². The Balaban J connectivity index is 2.27. The summed E-state index contributed by atoms with van der Waals surface area (Å²) in [6.07, 6.45) is 1.89. The number of hydrogen-bond donors (Lipinski definition) is 1. The Hall–Kier alpha value is -1.51. The van der Waals surface area contributed by atoms with E-state index >= 15 is 0 Å². The number of carbonyl (C=O) groups excluding carboxylic acids is 1. The van der Waals surface area contributed by atoms with Crippen LogP contribution in [0.5, 0.6) is 0 Å². The molecule has 1 heterocycles. The van der Waals surface area contributed by atoms with E-state index in [0.717, 1.165) is 31.6 Å². The van der Waals surface area contributed by atoms with Crippen molar-refractivity contribution in [3.8, 4) is 0 Å². The normalized spacial score (nSPS) is 14.8. The zero-order valence-electron chi connectivity index (χ0n) is 8.29. The molecular weight excluding hydrogens is 176 g/mol. The third-order valence-electron chi connectivity index (χ3n) is 2.69. The molecule has 0 aromatic heterocycles. The van der Waals surface area contributed by atoms with Crippen molar-refractivity contribution in [3.05, 3.63) is 29.3 Å². The molecule has 1 aliphatic rings. The Labute approximate surface area is 83.7 Å². The van der Waals surface area contributed by atoms with E-state index in [4.69, 9.17) is 0 Å². The summed E-state index contributed by atoms with van der Waals surface area (Å²) in [7, 11) is 1.92. The minimum absolute atomic E-state index is 0.753. The Morgan fingerprint density at radius 1 is 1.43 bits per heavy atom. The number of nitrogens with one attached hydrogen (secondary N) is 1. The zero-order valence-corrected chi connectivity index (χ0v) is 8.29. The zero-order chi connectivity index (χ0) is 9.97. The molecule has 0 saturated heterocycles. The van der Waals surface area contributed by atoms with Gasteiger partial charge in [-0.05, 0) is 29.7 Å². The van der Waals surface area contributed by atoms with Crippen LogP contribution in [0.3, 0.4) is 0 Å². The van der Waals surface area contributed by atoms with Gasteiger partial charge in [-0.2, -0.15) is 0 Å². The van der Waals surface area contributed by atoms with Crippen LogP contribution in [0, 0.1) is 0 Å². The van der Waals surface area contributed by atoms with Crippen molar-refractivity contribution >= 4 is 12.1 Å². The van der Waals surface area contributed by atoms with Crippen LogP contribution < -0.4 is 5.32 Å². The van der Waals surface area contributed by atoms with Crippen LogP contribution in [0.1, 0.15) is 11.1 Å². The van der Waals surface area contributed by atoms with Gasteiger partial charge in [0, 0.05) is 25.8 Å². The summed E-state index contributed by atoms with van der Waals surface area (Å²) in [6.45, 7) is 1.59. The minimum atomic E-state index is 0.753. The molecule has 2 rings (SSSR count). The first-order chi connectivity index (χ1) is 6.83. The van der Waals surface area contributed by atoms with Crippen molar-refractivity contribution in [3.63, 3.8) is 0 Å². The number of nitrogens with zero attached hydrogens (tertiary/aromatic N) is 1. The topological polar surface area (TPSA) is 32.3 Å². The SMILES string of the molecule is CNc1ccc2c(c1)CCN(C=O)C2. The van der Waals surface area contributed by atoms with Crippen LogP contribution >= 0.6 is 0 Å². The van der Waals surface area contributed by atoms with E-state index in [-0.39, 0.29) is 0 Å². The molecule has 0 aliphatic carbocycles. The fourth-order valence-electron chi connectivity index (χ4n) is 1.82. The van der Waals surface area contributed by atoms with E-state index in [2.05, 4.69) is 17.4 Å². The predicted octanol–water partition coefficient (Wildman–Crippen LogP) is 1.24. The quantitative estimate of drug-likeness (QED) is 0.712. The second kappa shape index (κ2) is 3.70. The third kappa shape index (κ3) is 1.58. The summed E-state index contributed by atoms with van der Waals surface area (Å²) in [6, 6.07) is 6.31. The molecule has 14 heavy (non-hydrogen) atoms. The third-order valence-corrected chi connectivity index (χ3v) is 2.69. The lowest BCUT2D eigenvalue weighted by Crippen LogP contribution is -2.29. The molecule has 74 valence electrons. The summed E-state index contributed by atoms with van der Waals surface area (Å²) in [5.41, 5.74) is 3.76. The van der Waals surface area contributed by atoms with E-state index in [1.807, 2.05) is 13.1 Å². The lowest BCUT2D eigenvalue weighted by Gasteiger charge is -2.25. The lowest BCUT2D eigenvalue weighted by molar-refractivity contribution is -0.118. The number of anilines is 1. The molecule has 1 amide bonds. The maximum absolute atomic E-state index is 10.6. The van der Waals surface area contributed by atoms with Crippen LogP contribution in [0.25, 0.3) is 0 Å². The Morgan fingerprint density at radius 2 is 2.29 bits per heavy atom. The summed E-state index contributed by atoms with van der Waals surface area (Å²) in [5.74, 6) is 0. The highest BCUT2D eigenvalue weighted by molar-refractivity contribution is 5.52. The fraction of sp³-hybridized carbons (Fsp3) is 0.364. The highest BCUT2D eigenvalue weighted by atomic mass is 16.1. The van der Waals surface area contributed by atoms with E-state index in [1.165, 1.54) is 11.1 Å². The molecular formula is C11H14N2O. The first-order valence-corrected chi connectivity index (χ1v) is 4.82. The van der Waals surface area contributed by atoms with Gasteiger partial charge in [-0.3, -0.25) is 4.79 Å². The van der Waals surface area contributed by atoms with Gasteiger partial charge in [0.25, 0.3) is 0 Å². The number of carbonyl (C=O) groups is 1. The highest BCUT2D eigenvalue weighted by Gasteiger charge is 2.14. The standard InChI is InChI=1S/C11H14N2O/c1-12-11-3-2-10-7-13(8-14)5-4-9(10)6-11/h2-3,6,8,12H,4-5,7H2,1H3. The molecule has 3 heteroatoms.